The van der Waals surface area contributed by atoms with E-state index in [0.717, 1.165) is 28.0 Å². The van der Waals surface area contributed by atoms with Crippen LogP contribution in [0.5, 0.6) is 0 Å². The molecule has 0 fully saturated rings. The Morgan fingerprint density at radius 3 is 2.92 bits per heavy atom. The van der Waals surface area contributed by atoms with Gasteiger partial charge in [0.25, 0.3) is 0 Å². The minimum absolute atomic E-state index is 0.0973. The van der Waals surface area contributed by atoms with Crippen LogP contribution in [0.3, 0.4) is 0 Å². The average Bonchev–Trinajstić information content (AvgIpc) is 3.26. The molecule has 6 nitrogen and oxygen atoms in total. The largest absolute Gasteiger partial charge is 0.325 e. The number of nitrogens with zero attached hydrogens (tertiary/aromatic N) is 3. The number of fused-ring (bicyclic) bond motifs is 1. The van der Waals surface area contributed by atoms with Crippen molar-refractivity contribution in [1.29, 1.82) is 0 Å². The topological polar surface area (TPSA) is 75.6 Å². The van der Waals surface area contributed by atoms with Crippen LogP contribution in [0.4, 0.5) is 5.69 Å². The van der Waals surface area contributed by atoms with Crippen molar-refractivity contribution in [2.45, 2.75) is 6.54 Å². The zero-order valence-electron chi connectivity index (χ0n) is 12.8. The first kappa shape index (κ1) is 14.2. The van der Waals surface area contributed by atoms with E-state index < -0.39 is 0 Å². The van der Waals surface area contributed by atoms with Crippen molar-refractivity contribution in [3.8, 4) is 11.3 Å². The van der Waals surface area contributed by atoms with Crippen LogP contribution in [0.2, 0.25) is 0 Å². The highest BCUT2D eigenvalue weighted by Gasteiger charge is 2.08. The van der Waals surface area contributed by atoms with Gasteiger partial charge >= 0.3 is 0 Å². The van der Waals surface area contributed by atoms with Gasteiger partial charge in [-0.15, -0.1) is 0 Å². The lowest BCUT2D eigenvalue weighted by molar-refractivity contribution is -0.116. The summed E-state index contributed by atoms with van der Waals surface area (Å²) in [6.45, 7) is 0.217. The number of imidazole rings is 1. The number of nitrogens with one attached hydrogen (secondary N) is 2. The van der Waals surface area contributed by atoms with Crippen molar-refractivity contribution in [3.63, 3.8) is 0 Å². The molecular formula is C18H15N5O. The van der Waals surface area contributed by atoms with E-state index in [1.807, 2.05) is 59.2 Å². The first-order chi connectivity index (χ1) is 11.8. The number of anilines is 1. The molecule has 4 aromatic rings. The number of carbonyl (C=O) groups excluding carboxylic acids is 1. The van der Waals surface area contributed by atoms with Gasteiger partial charge in [0.15, 0.2) is 0 Å². The molecule has 0 bridgehead atoms. The number of carbonyl (C=O) groups is 1. The molecule has 0 radical (unpaired) electrons. The number of benzene rings is 2. The second-order valence-corrected chi connectivity index (χ2v) is 5.46. The molecule has 0 saturated heterocycles. The molecule has 2 heterocycles. The molecule has 24 heavy (non-hydrogen) atoms. The quantitative estimate of drug-likeness (QED) is 0.607. The third-order valence-corrected chi connectivity index (χ3v) is 3.80. The summed E-state index contributed by atoms with van der Waals surface area (Å²) in [5, 5.41) is 9.79. The molecule has 2 N–H and O–H groups in total. The lowest BCUT2D eigenvalue weighted by atomic mass is 10.1. The number of amides is 1. The lowest BCUT2D eigenvalue weighted by Crippen LogP contribution is -2.18. The Labute approximate surface area is 138 Å². The smallest absolute Gasteiger partial charge is 0.244 e. The van der Waals surface area contributed by atoms with E-state index in [-0.39, 0.29) is 12.5 Å². The van der Waals surface area contributed by atoms with Crippen molar-refractivity contribution in [3.05, 3.63) is 67.1 Å². The van der Waals surface area contributed by atoms with Gasteiger partial charge in [0.05, 0.1) is 23.1 Å². The van der Waals surface area contributed by atoms with Gasteiger partial charge in [0.2, 0.25) is 5.91 Å². The summed E-state index contributed by atoms with van der Waals surface area (Å²) in [7, 11) is 0. The standard InChI is InChI=1S/C18H15N5O/c24-18(11-23-12-19-16-6-1-2-7-17(16)23)21-14-5-3-4-13(10-14)15-8-9-20-22-15/h1-10,12H,11H2,(H,20,22)(H,21,24). The van der Waals surface area contributed by atoms with Crippen molar-refractivity contribution in [2.24, 2.45) is 0 Å². The molecule has 2 aromatic heterocycles. The SMILES string of the molecule is O=C(Cn1cnc2ccccc21)Nc1cccc(-c2ccn[nH]2)c1. The van der Waals surface area contributed by atoms with Gasteiger partial charge < -0.3 is 9.88 Å². The van der Waals surface area contributed by atoms with Crippen molar-refractivity contribution < 1.29 is 4.79 Å². The summed E-state index contributed by atoms with van der Waals surface area (Å²) in [5.41, 5.74) is 4.45. The van der Waals surface area contributed by atoms with E-state index in [9.17, 15) is 4.79 Å². The maximum atomic E-state index is 12.3. The Morgan fingerprint density at radius 1 is 1.12 bits per heavy atom. The molecule has 0 aliphatic rings. The number of para-hydroxylation sites is 2. The number of aromatic nitrogens is 4. The van der Waals surface area contributed by atoms with Crippen LogP contribution in [0.15, 0.2) is 67.1 Å². The summed E-state index contributed by atoms with van der Waals surface area (Å²) in [6, 6.07) is 17.3. The van der Waals surface area contributed by atoms with Crippen LogP contribution in [0, 0.1) is 0 Å². The van der Waals surface area contributed by atoms with E-state index in [0.29, 0.717) is 0 Å². The fraction of sp³-hybridized carbons (Fsp3) is 0.0556. The zero-order chi connectivity index (χ0) is 16.4. The normalized spacial score (nSPS) is 10.8. The van der Waals surface area contributed by atoms with Gasteiger partial charge in [0.1, 0.15) is 6.54 Å². The first-order valence-corrected chi connectivity index (χ1v) is 7.59. The fourth-order valence-electron chi connectivity index (χ4n) is 2.67. The van der Waals surface area contributed by atoms with Crippen molar-refractivity contribution >= 4 is 22.6 Å². The molecule has 0 spiro atoms. The number of rotatable bonds is 4. The molecule has 0 atom stereocenters. The Morgan fingerprint density at radius 2 is 2.04 bits per heavy atom. The lowest BCUT2D eigenvalue weighted by Gasteiger charge is -2.08. The molecule has 118 valence electrons. The predicted octanol–water partition coefficient (Wildman–Crippen LogP) is 3.07. The second-order valence-electron chi connectivity index (χ2n) is 5.46. The zero-order valence-corrected chi connectivity index (χ0v) is 12.8. The highest BCUT2D eigenvalue weighted by molar-refractivity contribution is 5.92. The highest BCUT2D eigenvalue weighted by Crippen LogP contribution is 2.20. The summed E-state index contributed by atoms with van der Waals surface area (Å²) in [6.07, 6.45) is 3.38. The molecule has 2 aromatic carbocycles. The number of hydrogen-bond acceptors (Lipinski definition) is 3. The number of aromatic amines is 1. The molecule has 1 amide bonds. The monoisotopic (exact) mass is 317 g/mol. The number of hydrogen-bond donors (Lipinski definition) is 2. The molecule has 0 aliphatic carbocycles. The van der Waals surface area contributed by atoms with E-state index in [1.54, 1.807) is 12.5 Å². The third-order valence-electron chi connectivity index (χ3n) is 3.80. The van der Waals surface area contributed by atoms with Crippen LogP contribution >= 0.6 is 0 Å². The Bertz CT molecular complexity index is 988. The average molecular weight is 317 g/mol. The van der Waals surface area contributed by atoms with Gasteiger partial charge in [-0.05, 0) is 30.3 Å². The van der Waals surface area contributed by atoms with Crippen LogP contribution in [-0.4, -0.2) is 25.7 Å². The van der Waals surface area contributed by atoms with Crippen LogP contribution in [0.25, 0.3) is 22.3 Å². The first-order valence-electron chi connectivity index (χ1n) is 7.59. The van der Waals surface area contributed by atoms with Gasteiger partial charge in [-0.2, -0.15) is 5.10 Å². The minimum atomic E-state index is -0.0973. The Hall–Kier alpha value is -3.41. The maximum Gasteiger partial charge on any atom is 0.244 e. The summed E-state index contributed by atoms with van der Waals surface area (Å²) in [4.78, 5) is 16.6. The van der Waals surface area contributed by atoms with Crippen molar-refractivity contribution in [1.82, 2.24) is 19.7 Å². The van der Waals surface area contributed by atoms with Gasteiger partial charge in [-0.1, -0.05) is 24.3 Å². The molecular weight excluding hydrogens is 302 g/mol. The summed E-state index contributed by atoms with van der Waals surface area (Å²) in [5.74, 6) is -0.0973. The molecule has 0 saturated carbocycles. The fourth-order valence-corrected chi connectivity index (χ4v) is 2.67. The van der Waals surface area contributed by atoms with Crippen LogP contribution < -0.4 is 5.32 Å². The van der Waals surface area contributed by atoms with Gasteiger partial charge in [-0.3, -0.25) is 9.89 Å². The van der Waals surface area contributed by atoms with E-state index in [4.69, 9.17) is 0 Å². The minimum Gasteiger partial charge on any atom is -0.325 e. The second kappa shape index (κ2) is 6.00. The molecule has 6 heteroatoms. The molecule has 0 aliphatic heterocycles. The Balaban J connectivity index is 1.51. The van der Waals surface area contributed by atoms with Crippen LogP contribution in [0.1, 0.15) is 0 Å². The maximum absolute atomic E-state index is 12.3. The van der Waals surface area contributed by atoms with Gasteiger partial charge in [-0.25, -0.2) is 4.98 Å². The molecule has 0 unspecified atom stereocenters. The predicted molar refractivity (Wildman–Crippen MR) is 92.4 cm³/mol. The summed E-state index contributed by atoms with van der Waals surface area (Å²) >= 11 is 0. The van der Waals surface area contributed by atoms with E-state index in [2.05, 4.69) is 20.5 Å². The third kappa shape index (κ3) is 2.77. The van der Waals surface area contributed by atoms with Crippen LogP contribution in [-0.2, 0) is 11.3 Å². The highest BCUT2D eigenvalue weighted by atomic mass is 16.1. The van der Waals surface area contributed by atoms with E-state index in [1.165, 1.54) is 0 Å². The number of H-pyrrole nitrogens is 1. The Kier molecular flexibility index (Phi) is 3.55. The summed E-state index contributed by atoms with van der Waals surface area (Å²) < 4.78 is 1.84. The van der Waals surface area contributed by atoms with Gasteiger partial charge in [0, 0.05) is 17.4 Å². The molecule has 4 rings (SSSR count). The van der Waals surface area contributed by atoms with E-state index >= 15 is 0 Å². The van der Waals surface area contributed by atoms with Crippen molar-refractivity contribution in [2.75, 3.05) is 5.32 Å².